The van der Waals surface area contributed by atoms with Crippen LogP contribution in [0.5, 0.6) is 0 Å². The lowest BCUT2D eigenvalue weighted by molar-refractivity contribution is -0.347. The van der Waals surface area contributed by atoms with Gasteiger partial charge in [-0.15, -0.1) is 0 Å². The maximum atomic E-state index is 12.9. The number of amides is 2. The summed E-state index contributed by atoms with van der Waals surface area (Å²) in [7, 11) is -17.6. The highest BCUT2D eigenvalue weighted by molar-refractivity contribution is 8.13. The van der Waals surface area contributed by atoms with Crippen LogP contribution in [0.1, 0.15) is 190 Å². The summed E-state index contributed by atoms with van der Waals surface area (Å²) in [6.45, 7) is 11.3. The van der Waals surface area contributed by atoms with E-state index in [0.717, 1.165) is 41.8 Å². The summed E-state index contributed by atoms with van der Waals surface area (Å²) >= 11 is 1.16. The monoisotopic (exact) mass is 1200 g/mol. The highest BCUT2D eigenvalue weighted by Crippen LogP contribution is 2.56. The quantitative estimate of drug-likeness (QED) is 0.0349. The zero-order valence-electron chi connectivity index (χ0n) is 47.4. The number of aromatic nitrogens is 4. The van der Waals surface area contributed by atoms with Crippen molar-refractivity contribution in [3.05, 3.63) is 12.7 Å². The van der Waals surface area contributed by atoms with E-state index in [2.05, 4.69) is 71.2 Å². The molecule has 0 aromatic carbocycles. The number of anilines is 1. The number of phosphoric ester groups is 3. The number of hydrogen-bond donors (Lipinski definition) is 5. The number of carbonyl (C=O) groups excluding carboxylic acids is 3. The molecule has 0 spiro atoms. The molecule has 6 N–H and O–H groups in total. The lowest BCUT2D eigenvalue weighted by atomic mass is 9.84. The van der Waals surface area contributed by atoms with Crippen LogP contribution in [-0.2, 0) is 50.7 Å². The Hall–Kier alpha value is -2.44. The Bertz CT molecular complexity index is 2280. The second kappa shape index (κ2) is 35.6. The molecule has 24 nitrogen and oxygen atoms in total. The third kappa shape index (κ3) is 27.7. The lowest BCUT2D eigenvalue weighted by Gasteiger charge is -2.36. The fourth-order valence-corrected chi connectivity index (χ4v) is 13.3. The number of nitrogen functional groups attached to an aromatic ring is 1. The number of aliphatic hydroxyl groups is 2. The maximum Gasteiger partial charge on any atom is 0.274 e. The predicted molar refractivity (Wildman–Crippen MR) is 293 cm³/mol. The highest BCUT2D eigenvalue weighted by atomic mass is 32.2. The SMILES string of the molecule is CCCCCCCCCCCCCCCCCC[C@@H](C)C[C@@H](C)C[C@@H](C)C[C@@H](C)C(=O)SCCNC(=O)CCNC(=O)[C@H](O)C(C)(C)COP(=O)([O-])OP(=O)([O-])OC[C@H]1O[C@@H](n2cnc3c(N)ncnc32)[C@H](O)[C@@H]1OP(=O)([O-])[O-]. The Morgan fingerprint density at radius 1 is 0.797 bits per heavy atom. The Balaban J connectivity index is 1.26. The minimum Gasteiger partial charge on any atom is -0.790 e. The molecule has 0 bridgehead atoms. The molecular weight excluding hydrogens is 1110 g/mol. The van der Waals surface area contributed by atoms with Crippen LogP contribution in [0.4, 0.5) is 5.82 Å². The number of hydrogen-bond acceptors (Lipinski definition) is 22. The molecule has 1 aliphatic rings. The number of nitrogens with one attached hydrogen (secondary N) is 2. The second-order valence-corrected chi connectivity index (χ2v) is 27.3. The van der Waals surface area contributed by atoms with Gasteiger partial charge in [-0.05, 0) is 37.0 Å². The summed E-state index contributed by atoms with van der Waals surface area (Å²) in [6.07, 6.45) is 18.7. The van der Waals surface area contributed by atoms with E-state index in [4.69, 9.17) is 10.5 Å². The molecule has 456 valence electrons. The number of nitrogens with two attached hydrogens (primary N) is 1. The van der Waals surface area contributed by atoms with Gasteiger partial charge in [-0.2, -0.15) is 0 Å². The van der Waals surface area contributed by atoms with Gasteiger partial charge in [-0.25, -0.2) is 19.3 Å². The van der Waals surface area contributed by atoms with Crippen LogP contribution in [-0.4, -0.2) is 103 Å². The Kier molecular flexibility index (Phi) is 32.0. The molecule has 1 saturated heterocycles. The lowest BCUT2D eigenvalue weighted by Crippen LogP contribution is -2.46. The van der Waals surface area contributed by atoms with E-state index < -0.39 is 84.6 Å². The van der Waals surface area contributed by atoms with Gasteiger partial charge in [-0.1, -0.05) is 169 Å². The topological polar surface area (TPSA) is 375 Å². The van der Waals surface area contributed by atoms with Gasteiger partial charge in [0.25, 0.3) is 15.6 Å². The fourth-order valence-electron chi connectivity index (χ4n) is 9.83. The molecule has 1 aliphatic heterocycles. The summed E-state index contributed by atoms with van der Waals surface area (Å²) in [4.78, 5) is 98.2. The van der Waals surface area contributed by atoms with Crippen LogP contribution in [0.25, 0.3) is 11.2 Å². The van der Waals surface area contributed by atoms with Crippen molar-refractivity contribution in [2.45, 2.75) is 214 Å². The first kappa shape index (κ1) is 70.8. The number of fused-ring (bicyclic) bond motifs is 1. The normalized spacial score (nSPS) is 20.5. The summed E-state index contributed by atoms with van der Waals surface area (Å²) in [5.41, 5.74) is 4.10. The first-order valence-electron chi connectivity index (χ1n) is 28.1. The van der Waals surface area contributed by atoms with Crippen molar-refractivity contribution < 1.29 is 80.5 Å². The van der Waals surface area contributed by atoms with Crippen molar-refractivity contribution in [2.75, 3.05) is 37.8 Å². The first-order chi connectivity index (χ1) is 37.1. The average Bonchev–Trinajstić information content (AvgIpc) is 3.94. The highest BCUT2D eigenvalue weighted by Gasteiger charge is 2.47. The fraction of sp³-hybridized carbons (Fsp3) is 0.843. The van der Waals surface area contributed by atoms with Gasteiger partial charge in [0.1, 0.15) is 36.3 Å². The van der Waals surface area contributed by atoms with E-state index in [1.54, 1.807) is 0 Å². The van der Waals surface area contributed by atoms with Crippen molar-refractivity contribution in [1.82, 2.24) is 30.2 Å². The average molecular weight is 1200 g/mol. The van der Waals surface area contributed by atoms with Crippen molar-refractivity contribution >= 4 is 69.1 Å². The third-order valence-corrected chi connectivity index (χ3v) is 18.1. The van der Waals surface area contributed by atoms with Gasteiger partial charge in [0.05, 0.1) is 27.4 Å². The van der Waals surface area contributed by atoms with E-state index in [1.165, 1.54) is 129 Å². The molecular formula is C51H90N7O17P3S-4. The smallest absolute Gasteiger partial charge is 0.274 e. The Morgan fingerprint density at radius 2 is 1.35 bits per heavy atom. The van der Waals surface area contributed by atoms with E-state index >= 15 is 0 Å². The molecule has 0 aliphatic carbocycles. The van der Waals surface area contributed by atoms with Crippen LogP contribution in [0, 0.1) is 29.1 Å². The zero-order valence-corrected chi connectivity index (χ0v) is 50.9. The van der Waals surface area contributed by atoms with Crippen LogP contribution in [0.15, 0.2) is 12.7 Å². The number of rotatable bonds is 43. The standard InChI is InChI=1S/C51H94N7O17P3S/c1-8-9-10-11-12-13-14-15-16-17-18-19-20-21-22-23-24-36(2)29-37(3)30-38(4)31-39(5)50(63)79-28-27-53-41(59)25-26-54-48(62)45(61)51(6,7)33-72-78(69,70)75-77(67,68)71-32-40-44(74-76(64,65)66)43(60)49(73-40)58-35-57-42-46(52)55-34-56-47(42)58/h34-40,43-45,49,60-61H,8-33H2,1-7H3,(H,53,59)(H,54,62)(H,67,68)(H,69,70)(H2,52,55,56)(H2,64,65,66)/p-4/t36-,37-,38-,39-,40-,43-,44-,45+,49-/m1/s1. The maximum absolute atomic E-state index is 12.9. The minimum absolute atomic E-state index is 0.0179. The van der Waals surface area contributed by atoms with Crippen LogP contribution in [0.2, 0.25) is 0 Å². The van der Waals surface area contributed by atoms with Gasteiger partial charge in [0.15, 0.2) is 22.8 Å². The second-order valence-electron chi connectivity index (χ2n) is 22.2. The van der Waals surface area contributed by atoms with Crippen molar-refractivity contribution in [3.8, 4) is 0 Å². The van der Waals surface area contributed by atoms with E-state index in [1.807, 2.05) is 6.92 Å². The number of imidazole rings is 1. The molecule has 2 aromatic rings. The molecule has 3 heterocycles. The molecule has 2 amide bonds. The molecule has 1 fully saturated rings. The number of nitrogens with zero attached hydrogens (tertiary/aromatic N) is 4. The van der Waals surface area contributed by atoms with E-state index in [9.17, 15) is 57.9 Å². The van der Waals surface area contributed by atoms with Crippen molar-refractivity contribution in [2.24, 2.45) is 29.1 Å². The molecule has 2 unspecified atom stereocenters. The zero-order chi connectivity index (χ0) is 58.8. The summed E-state index contributed by atoms with van der Waals surface area (Å²) in [6, 6.07) is 0. The molecule has 3 rings (SSSR count). The minimum atomic E-state index is -5.93. The predicted octanol–water partition coefficient (Wildman–Crippen LogP) is 6.50. The van der Waals surface area contributed by atoms with Crippen LogP contribution < -0.4 is 35.9 Å². The Morgan fingerprint density at radius 3 is 1.95 bits per heavy atom. The van der Waals surface area contributed by atoms with Gasteiger partial charge in [0.2, 0.25) is 11.8 Å². The molecule has 79 heavy (non-hydrogen) atoms. The van der Waals surface area contributed by atoms with E-state index in [-0.39, 0.29) is 47.5 Å². The number of phosphoric acid groups is 3. The molecule has 0 saturated carbocycles. The van der Waals surface area contributed by atoms with E-state index in [0.29, 0.717) is 23.5 Å². The summed E-state index contributed by atoms with van der Waals surface area (Å²) < 4.78 is 61.1. The third-order valence-electron chi connectivity index (χ3n) is 14.0. The molecule has 0 radical (unpaired) electrons. The number of unbranched alkanes of at least 4 members (excludes halogenated alkanes) is 15. The van der Waals surface area contributed by atoms with Crippen molar-refractivity contribution in [1.29, 1.82) is 0 Å². The number of ether oxygens (including phenoxy) is 1. The van der Waals surface area contributed by atoms with Crippen LogP contribution in [0.3, 0.4) is 0 Å². The first-order valence-corrected chi connectivity index (χ1v) is 33.5. The largest absolute Gasteiger partial charge is 0.790 e. The van der Waals surface area contributed by atoms with Crippen LogP contribution >= 0.6 is 35.2 Å². The van der Waals surface area contributed by atoms with Gasteiger partial charge < -0.3 is 69.0 Å². The number of carbonyl (C=O) groups is 3. The number of aliphatic hydroxyl groups excluding tert-OH is 2. The Labute approximate surface area is 471 Å². The van der Waals surface area contributed by atoms with Gasteiger partial charge >= 0.3 is 0 Å². The van der Waals surface area contributed by atoms with Gasteiger partial charge in [0, 0.05) is 36.6 Å². The molecule has 2 aromatic heterocycles. The number of thioether (sulfide) groups is 1. The van der Waals surface area contributed by atoms with Crippen molar-refractivity contribution in [3.63, 3.8) is 0 Å². The molecule has 28 heteroatoms. The molecule has 11 atom stereocenters. The summed E-state index contributed by atoms with van der Waals surface area (Å²) in [5, 5.41) is 26.7. The van der Waals surface area contributed by atoms with Gasteiger partial charge in [-0.3, -0.25) is 28.1 Å². The summed E-state index contributed by atoms with van der Waals surface area (Å²) in [5.74, 6) is 0.389.